The van der Waals surface area contributed by atoms with Crippen molar-refractivity contribution in [1.82, 2.24) is 14.7 Å². The average molecular weight is 403 g/mol. The molecule has 4 rings (SSSR count). The van der Waals surface area contributed by atoms with Gasteiger partial charge in [-0.25, -0.2) is 0 Å². The Balaban J connectivity index is 1.27. The minimum absolute atomic E-state index is 0.00356. The van der Waals surface area contributed by atoms with E-state index in [4.69, 9.17) is 14.2 Å². The van der Waals surface area contributed by atoms with Crippen molar-refractivity contribution in [2.45, 2.75) is 25.9 Å². The number of hydrogen-bond donors (Lipinski definition) is 0. The van der Waals surface area contributed by atoms with Crippen LogP contribution in [0, 0.1) is 5.92 Å². The highest BCUT2D eigenvalue weighted by Gasteiger charge is 2.39. The van der Waals surface area contributed by atoms with Crippen LogP contribution in [0.2, 0.25) is 0 Å². The zero-order valence-corrected chi connectivity index (χ0v) is 17.1. The Morgan fingerprint density at radius 1 is 1.21 bits per heavy atom. The highest BCUT2D eigenvalue weighted by molar-refractivity contribution is 5.89. The molecule has 8 heteroatoms. The van der Waals surface area contributed by atoms with Gasteiger partial charge < -0.3 is 24.0 Å². The van der Waals surface area contributed by atoms with Gasteiger partial charge in [-0.05, 0) is 24.6 Å². The van der Waals surface area contributed by atoms with E-state index in [0.29, 0.717) is 32.7 Å². The van der Waals surface area contributed by atoms with E-state index >= 15 is 0 Å². The third-order valence-corrected chi connectivity index (χ3v) is 5.97. The molecule has 3 heterocycles. The summed E-state index contributed by atoms with van der Waals surface area (Å²) in [5.41, 5.74) is 1.18. The summed E-state index contributed by atoms with van der Waals surface area (Å²) >= 11 is 0. The second-order valence-electron chi connectivity index (χ2n) is 8.04. The molecule has 3 aliphatic heterocycles. The zero-order chi connectivity index (χ0) is 20.4. The van der Waals surface area contributed by atoms with E-state index in [1.807, 2.05) is 24.0 Å². The molecule has 0 N–H and O–H groups in total. The van der Waals surface area contributed by atoms with Gasteiger partial charge in [-0.3, -0.25) is 14.5 Å². The minimum Gasteiger partial charge on any atom is -0.454 e. The molecule has 0 spiro atoms. The first-order chi connectivity index (χ1) is 14.0. The number of carbonyl (C=O) groups excluding carboxylic acids is 2. The van der Waals surface area contributed by atoms with Crippen LogP contribution in [0.15, 0.2) is 18.2 Å². The number of carbonyl (C=O) groups is 2. The summed E-state index contributed by atoms with van der Waals surface area (Å²) < 4.78 is 16.0. The predicted octanol–water partition coefficient (Wildman–Crippen LogP) is 0.943. The molecule has 2 fully saturated rings. The summed E-state index contributed by atoms with van der Waals surface area (Å²) in [6, 6.07) is 6.04. The smallest absolute Gasteiger partial charge is 0.231 e. The van der Waals surface area contributed by atoms with Crippen LogP contribution in [0.1, 0.15) is 18.9 Å². The van der Waals surface area contributed by atoms with E-state index in [-0.39, 0.29) is 30.6 Å². The fourth-order valence-corrected chi connectivity index (χ4v) is 4.34. The van der Waals surface area contributed by atoms with Gasteiger partial charge in [-0.15, -0.1) is 0 Å². The molecule has 2 atom stereocenters. The van der Waals surface area contributed by atoms with Crippen molar-refractivity contribution in [2.24, 2.45) is 5.92 Å². The minimum atomic E-state index is -0.234. The summed E-state index contributed by atoms with van der Waals surface area (Å²) in [6.45, 7) is 7.10. The molecule has 2 amide bonds. The quantitative estimate of drug-likeness (QED) is 0.704. The van der Waals surface area contributed by atoms with Crippen LogP contribution in [-0.2, 0) is 20.9 Å². The summed E-state index contributed by atoms with van der Waals surface area (Å²) in [5.74, 6) is 1.52. The molecular formula is C21H29N3O5. The molecule has 29 heavy (non-hydrogen) atoms. The molecule has 1 aromatic rings. The van der Waals surface area contributed by atoms with E-state index in [1.54, 1.807) is 12.0 Å². The predicted molar refractivity (Wildman–Crippen MR) is 106 cm³/mol. The van der Waals surface area contributed by atoms with Crippen LogP contribution in [0.5, 0.6) is 11.5 Å². The molecule has 0 aliphatic carbocycles. The first-order valence-corrected chi connectivity index (χ1v) is 10.2. The molecule has 0 unspecified atom stereocenters. The van der Waals surface area contributed by atoms with Gasteiger partial charge in [0.05, 0.1) is 18.6 Å². The maximum absolute atomic E-state index is 12.9. The summed E-state index contributed by atoms with van der Waals surface area (Å²) in [4.78, 5) is 31.3. The highest BCUT2D eigenvalue weighted by atomic mass is 16.7. The lowest BCUT2D eigenvalue weighted by Crippen LogP contribution is -2.50. The number of nitrogens with zero attached hydrogens (tertiary/aromatic N) is 3. The average Bonchev–Trinajstić information content (AvgIpc) is 3.34. The van der Waals surface area contributed by atoms with Crippen molar-refractivity contribution in [3.05, 3.63) is 23.8 Å². The zero-order valence-electron chi connectivity index (χ0n) is 17.1. The highest BCUT2D eigenvalue weighted by Crippen LogP contribution is 2.33. The standard InChI is InChI=1S/C21H29N3O5/c1-15(13-27-2)24-12-17(10-20(24)25)21(26)23-7-5-22(6-8-23)11-16-3-4-18-19(9-16)29-14-28-18/h3-4,9,15,17H,5-8,10-14H2,1-2H3/t15-,17+/m0/s1. The van der Waals surface area contributed by atoms with Crippen LogP contribution < -0.4 is 9.47 Å². The van der Waals surface area contributed by atoms with E-state index in [9.17, 15) is 9.59 Å². The second kappa shape index (κ2) is 8.59. The third-order valence-electron chi connectivity index (χ3n) is 5.97. The van der Waals surface area contributed by atoms with Gasteiger partial charge in [0.25, 0.3) is 0 Å². The van der Waals surface area contributed by atoms with Crippen LogP contribution in [-0.4, -0.2) is 85.8 Å². The van der Waals surface area contributed by atoms with Crippen molar-refractivity contribution >= 4 is 11.8 Å². The van der Waals surface area contributed by atoms with E-state index in [2.05, 4.69) is 11.0 Å². The summed E-state index contributed by atoms with van der Waals surface area (Å²) in [7, 11) is 1.63. The fourth-order valence-electron chi connectivity index (χ4n) is 4.34. The molecule has 3 aliphatic rings. The van der Waals surface area contributed by atoms with Gasteiger partial charge in [0.15, 0.2) is 11.5 Å². The summed E-state index contributed by atoms with van der Waals surface area (Å²) in [6.07, 6.45) is 0.310. The largest absolute Gasteiger partial charge is 0.454 e. The number of ether oxygens (including phenoxy) is 3. The Labute approximate surface area is 171 Å². The molecule has 1 aromatic carbocycles. The SMILES string of the molecule is COC[C@H](C)N1C[C@H](C(=O)N2CCN(Cc3ccc4c(c3)OCO4)CC2)CC1=O. The maximum Gasteiger partial charge on any atom is 0.231 e. The number of benzene rings is 1. The van der Waals surface area contributed by atoms with Crippen LogP contribution in [0.25, 0.3) is 0 Å². The Morgan fingerprint density at radius 3 is 2.72 bits per heavy atom. The molecule has 8 nitrogen and oxygen atoms in total. The van der Waals surface area contributed by atoms with Crippen molar-refractivity contribution in [1.29, 1.82) is 0 Å². The second-order valence-corrected chi connectivity index (χ2v) is 8.04. The van der Waals surface area contributed by atoms with Crippen LogP contribution in [0.4, 0.5) is 0 Å². The normalized spacial score (nSPS) is 23.0. The molecule has 2 saturated heterocycles. The first kappa shape index (κ1) is 20.0. The molecular weight excluding hydrogens is 374 g/mol. The monoisotopic (exact) mass is 403 g/mol. The molecule has 0 saturated carbocycles. The Morgan fingerprint density at radius 2 is 1.97 bits per heavy atom. The lowest BCUT2D eigenvalue weighted by molar-refractivity contribution is -0.137. The Kier molecular flexibility index (Phi) is 5.91. The number of fused-ring (bicyclic) bond motifs is 1. The van der Waals surface area contributed by atoms with Gasteiger partial charge in [0.1, 0.15) is 0 Å². The third kappa shape index (κ3) is 4.33. The number of rotatable bonds is 6. The van der Waals surface area contributed by atoms with Crippen molar-refractivity contribution in [3.8, 4) is 11.5 Å². The number of piperazine rings is 1. The van der Waals surface area contributed by atoms with Crippen molar-refractivity contribution in [3.63, 3.8) is 0 Å². The molecule has 0 aromatic heterocycles. The van der Waals surface area contributed by atoms with E-state index in [0.717, 1.165) is 31.1 Å². The topological polar surface area (TPSA) is 71.6 Å². The van der Waals surface area contributed by atoms with Crippen molar-refractivity contribution in [2.75, 3.05) is 53.2 Å². The van der Waals surface area contributed by atoms with Crippen LogP contribution in [0.3, 0.4) is 0 Å². The lowest BCUT2D eigenvalue weighted by Gasteiger charge is -2.36. The number of likely N-dealkylation sites (tertiary alicyclic amines) is 1. The molecule has 0 bridgehead atoms. The first-order valence-electron chi connectivity index (χ1n) is 10.2. The number of methoxy groups -OCH3 is 1. The number of hydrogen-bond acceptors (Lipinski definition) is 6. The lowest BCUT2D eigenvalue weighted by atomic mass is 10.1. The van der Waals surface area contributed by atoms with Gasteiger partial charge in [0.2, 0.25) is 18.6 Å². The Bertz CT molecular complexity index is 763. The van der Waals surface area contributed by atoms with E-state index < -0.39 is 0 Å². The van der Waals surface area contributed by atoms with Gasteiger partial charge in [0, 0.05) is 52.8 Å². The van der Waals surface area contributed by atoms with Gasteiger partial charge in [-0.1, -0.05) is 6.07 Å². The van der Waals surface area contributed by atoms with Gasteiger partial charge in [-0.2, -0.15) is 0 Å². The van der Waals surface area contributed by atoms with Crippen molar-refractivity contribution < 1.29 is 23.8 Å². The van der Waals surface area contributed by atoms with E-state index in [1.165, 1.54) is 5.56 Å². The van der Waals surface area contributed by atoms with Crippen LogP contribution >= 0.6 is 0 Å². The number of amides is 2. The summed E-state index contributed by atoms with van der Waals surface area (Å²) in [5, 5.41) is 0. The molecule has 158 valence electrons. The molecule has 0 radical (unpaired) electrons. The van der Waals surface area contributed by atoms with Gasteiger partial charge >= 0.3 is 0 Å². The Hall–Kier alpha value is -2.32. The maximum atomic E-state index is 12.9. The fraction of sp³-hybridized carbons (Fsp3) is 0.619.